The van der Waals surface area contributed by atoms with Gasteiger partial charge in [0.15, 0.2) is 0 Å². The molecule has 1 saturated heterocycles. The van der Waals surface area contributed by atoms with Crippen LogP contribution in [0.3, 0.4) is 0 Å². The molecule has 0 spiro atoms. The largest absolute Gasteiger partial charge is 0.416 e. The first-order chi connectivity index (χ1) is 11.3. The van der Waals surface area contributed by atoms with Crippen LogP contribution in [-0.4, -0.2) is 36.1 Å². The van der Waals surface area contributed by atoms with Crippen LogP contribution in [0.1, 0.15) is 17.0 Å². The number of aryl methyl sites for hydroxylation is 1. The molecule has 1 aliphatic heterocycles. The average molecular weight is 336 g/mol. The number of hydrogen-bond acceptors (Lipinski definition) is 4. The molecule has 1 aromatic carbocycles. The van der Waals surface area contributed by atoms with Crippen LogP contribution in [0.4, 0.5) is 19.0 Å². The predicted molar refractivity (Wildman–Crippen MR) is 87.0 cm³/mol. The number of halogens is 3. The third-order valence-electron chi connectivity index (χ3n) is 4.28. The van der Waals surface area contributed by atoms with Crippen molar-refractivity contribution in [3.05, 3.63) is 41.2 Å². The van der Waals surface area contributed by atoms with E-state index in [1.54, 1.807) is 13.0 Å². The zero-order chi connectivity index (χ0) is 17.5. The lowest BCUT2D eigenvalue weighted by Gasteiger charge is -2.40. The van der Waals surface area contributed by atoms with Gasteiger partial charge >= 0.3 is 6.18 Å². The van der Waals surface area contributed by atoms with E-state index >= 15 is 0 Å². The van der Waals surface area contributed by atoms with E-state index in [0.29, 0.717) is 23.1 Å². The molecular weight excluding hydrogens is 317 g/mol. The summed E-state index contributed by atoms with van der Waals surface area (Å²) in [6, 6.07) is 5.69. The zero-order valence-corrected chi connectivity index (χ0v) is 13.8. The van der Waals surface area contributed by atoms with E-state index in [2.05, 4.69) is 20.2 Å². The monoisotopic (exact) mass is 336 g/mol. The van der Waals surface area contributed by atoms with E-state index in [4.69, 9.17) is 0 Å². The molecule has 1 aliphatic rings. The highest BCUT2D eigenvalue weighted by Crippen LogP contribution is 2.34. The minimum absolute atomic E-state index is 0.414. The average Bonchev–Trinajstić information content (AvgIpc) is 2.48. The number of nitrogens with zero attached hydrogens (tertiary/aromatic N) is 3. The summed E-state index contributed by atoms with van der Waals surface area (Å²) in [5.41, 5.74) is 1.14. The summed E-state index contributed by atoms with van der Waals surface area (Å²) in [4.78, 5) is 11.0. The summed E-state index contributed by atoms with van der Waals surface area (Å²) >= 11 is 0. The second-order valence-corrected chi connectivity index (χ2v) is 6.04. The highest BCUT2D eigenvalue weighted by Gasteiger charge is 2.31. The van der Waals surface area contributed by atoms with E-state index in [9.17, 15) is 13.2 Å². The van der Waals surface area contributed by atoms with Crippen molar-refractivity contribution in [2.75, 3.05) is 25.0 Å². The zero-order valence-electron chi connectivity index (χ0n) is 13.8. The van der Waals surface area contributed by atoms with E-state index < -0.39 is 11.7 Å². The lowest BCUT2D eigenvalue weighted by atomic mass is 10.0. The molecule has 0 aliphatic carbocycles. The van der Waals surface area contributed by atoms with Crippen molar-refractivity contribution < 1.29 is 13.2 Å². The molecule has 3 rings (SSSR count). The van der Waals surface area contributed by atoms with Crippen molar-refractivity contribution in [2.24, 2.45) is 0 Å². The number of likely N-dealkylation sites (N-methyl/N-ethyl adjacent to an activating group) is 1. The van der Waals surface area contributed by atoms with E-state index in [0.717, 1.165) is 36.6 Å². The van der Waals surface area contributed by atoms with Gasteiger partial charge in [-0.05, 0) is 33.0 Å². The van der Waals surface area contributed by atoms with Crippen molar-refractivity contribution in [3.63, 3.8) is 0 Å². The molecule has 1 N–H and O–H groups in total. The Hall–Kier alpha value is -2.15. The van der Waals surface area contributed by atoms with Crippen LogP contribution in [0, 0.1) is 13.8 Å². The molecule has 7 heteroatoms. The van der Waals surface area contributed by atoms with Crippen molar-refractivity contribution in [3.8, 4) is 11.3 Å². The summed E-state index contributed by atoms with van der Waals surface area (Å²) in [5.74, 6) is 1.34. The molecule has 24 heavy (non-hydrogen) atoms. The molecule has 0 amide bonds. The van der Waals surface area contributed by atoms with Crippen LogP contribution in [0.15, 0.2) is 24.3 Å². The summed E-state index contributed by atoms with van der Waals surface area (Å²) in [5, 5.41) is 3.20. The molecule has 1 fully saturated rings. The Bertz CT molecular complexity index is 752. The van der Waals surface area contributed by atoms with Crippen LogP contribution >= 0.6 is 0 Å². The molecule has 0 radical (unpaired) electrons. The molecule has 1 aromatic heterocycles. The minimum Gasteiger partial charge on any atom is -0.353 e. The van der Waals surface area contributed by atoms with E-state index in [-0.39, 0.29) is 0 Å². The molecule has 0 bridgehead atoms. The van der Waals surface area contributed by atoms with Crippen LogP contribution in [0.5, 0.6) is 0 Å². The predicted octanol–water partition coefficient (Wildman–Crippen LogP) is 3.19. The van der Waals surface area contributed by atoms with Gasteiger partial charge in [0.25, 0.3) is 0 Å². The SMILES string of the molecule is CNC1CN(c2nc(C)nc(-c3cccc(C(F)(F)F)c3)c2C)C1. The Morgan fingerprint density at radius 1 is 1.17 bits per heavy atom. The summed E-state index contributed by atoms with van der Waals surface area (Å²) in [6.45, 7) is 5.28. The third kappa shape index (κ3) is 3.08. The standard InChI is InChI=1S/C17H19F3N4/c1-10-15(12-5-4-6-13(7-12)17(18,19)20)22-11(2)23-16(10)24-8-14(9-24)21-3/h4-7,14,21H,8-9H2,1-3H3. The van der Waals surface area contributed by atoms with Gasteiger partial charge in [-0.3, -0.25) is 0 Å². The van der Waals surface area contributed by atoms with Crippen molar-refractivity contribution in [2.45, 2.75) is 26.1 Å². The fraction of sp³-hybridized carbons (Fsp3) is 0.412. The summed E-state index contributed by atoms with van der Waals surface area (Å²) in [7, 11) is 1.91. The maximum atomic E-state index is 13.0. The second-order valence-electron chi connectivity index (χ2n) is 6.04. The highest BCUT2D eigenvalue weighted by atomic mass is 19.4. The highest BCUT2D eigenvalue weighted by molar-refractivity contribution is 5.70. The Kier molecular flexibility index (Phi) is 4.21. The van der Waals surface area contributed by atoms with Gasteiger partial charge in [-0.2, -0.15) is 13.2 Å². The van der Waals surface area contributed by atoms with Gasteiger partial charge in [-0.15, -0.1) is 0 Å². The molecule has 0 saturated carbocycles. The van der Waals surface area contributed by atoms with Gasteiger partial charge in [0.2, 0.25) is 0 Å². The van der Waals surface area contributed by atoms with Gasteiger partial charge in [0.05, 0.1) is 11.3 Å². The maximum Gasteiger partial charge on any atom is 0.416 e. The minimum atomic E-state index is -4.37. The van der Waals surface area contributed by atoms with Crippen molar-refractivity contribution in [1.29, 1.82) is 0 Å². The second kappa shape index (κ2) is 6.05. The molecule has 4 nitrogen and oxygen atoms in total. The van der Waals surface area contributed by atoms with Gasteiger partial charge in [0.1, 0.15) is 11.6 Å². The fourth-order valence-corrected chi connectivity index (χ4v) is 2.88. The van der Waals surface area contributed by atoms with Gasteiger partial charge in [0, 0.05) is 30.3 Å². The first-order valence-corrected chi connectivity index (χ1v) is 7.74. The lowest BCUT2D eigenvalue weighted by molar-refractivity contribution is -0.137. The number of anilines is 1. The molecular formula is C17H19F3N4. The molecule has 0 atom stereocenters. The topological polar surface area (TPSA) is 41.0 Å². The smallest absolute Gasteiger partial charge is 0.353 e. The Labute approximate surface area is 138 Å². The number of alkyl halides is 3. The Morgan fingerprint density at radius 2 is 1.88 bits per heavy atom. The number of nitrogens with one attached hydrogen (secondary N) is 1. The van der Waals surface area contributed by atoms with Crippen LogP contribution in [0.25, 0.3) is 11.3 Å². The van der Waals surface area contributed by atoms with Crippen molar-refractivity contribution >= 4 is 5.82 Å². The molecule has 0 unspecified atom stereocenters. The van der Waals surface area contributed by atoms with E-state index in [1.165, 1.54) is 6.07 Å². The molecule has 2 aromatic rings. The van der Waals surface area contributed by atoms with Crippen molar-refractivity contribution in [1.82, 2.24) is 15.3 Å². The van der Waals surface area contributed by atoms with Crippen LogP contribution in [0.2, 0.25) is 0 Å². The maximum absolute atomic E-state index is 13.0. The fourth-order valence-electron chi connectivity index (χ4n) is 2.88. The number of aromatic nitrogens is 2. The third-order valence-corrected chi connectivity index (χ3v) is 4.28. The van der Waals surface area contributed by atoms with Gasteiger partial charge in [-0.25, -0.2) is 9.97 Å². The summed E-state index contributed by atoms with van der Waals surface area (Å²) < 4.78 is 38.9. The first-order valence-electron chi connectivity index (χ1n) is 7.74. The normalized spacial score (nSPS) is 15.5. The number of benzene rings is 1. The first kappa shape index (κ1) is 16.7. The molecule has 2 heterocycles. The number of rotatable bonds is 3. The van der Waals surface area contributed by atoms with Gasteiger partial charge in [-0.1, -0.05) is 12.1 Å². The Morgan fingerprint density at radius 3 is 2.50 bits per heavy atom. The number of hydrogen-bond donors (Lipinski definition) is 1. The Balaban J connectivity index is 2.01. The molecule has 128 valence electrons. The lowest BCUT2D eigenvalue weighted by Crippen LogP contribution is -2.57. The van der Waals surface area contributed by atoms with Crippen LogP contribution in [-0.2, 0) is 6.18 Å². The van der Waals surface area contributed by atoms with E-state index in [1.807, 2.05) is 14.0 Å². The van der Waals surface area contributed by atoms with Crippen LogP contribution < -0.4 is 10.2 Å². The summed E-state index contributed by atoms with van der Waals surface area (Å²) in [6.07, 6.45) is -4.37. The quantitative estimate of drug-likeness (QED) is 0.935. The van der Waals surface area contributed by atoms with Gasteiger partial charge < -0.3 is 10.2 Å².